The van der Waals surface area contributed by atoms with Crippen molar-refractivity contribution in [2.45, 2.75) is 70.1 Å². The van der Waals surface area contributed by atoms with Crippen molar-refractivity contribution in [3.63, 3.8) is 0 Å². The fraction of sp³-hybridized carbons (Fsp3) is 0.333. The van der Waals surface area contributed by atoms with Crippen molar-refractivity contribution in [2.75, 3.05) is 24.4 Å². The number of anilines is 1. The second kappa shape index (κ2) is 19.7. The van der Waals surface area contributed by atoms with Crippen molar-refractivity contribution in [3.8, 4) is 0 Å². The largest absolute Gasteiger partial charge is 0.355 e. The summed E-state index contributed by atoms with van der Waals surface area (Å²) in [5.74, 6) is -1.82. The quantitative estimate of drug-likeness (QED) is 0.0988. The maximum atomic E-state index is 14.1. The number of likely N-dealkylation sites (N-methyl/N-ethyl adjacent to an activating group) is 1. The van der Waals surface area contributed by atoms with Gasteiger partial charge >= 0.3 is 0 Å². The van der Waals surface area contributed by atoms with E-state index in [0.717, 1.165) is 15.4 Å². The van der Waals surface area contributed by atoms with Gasteiger partial charge in [0.05, 0.1) is 22.7 Å². The molecule has 0 aliphatic rings. The van der Waals surface area contributed by atoms with Crippen LogP contribution in [0.5, 0.6) is 0 Å². The first-order chi connectivity index (χ1) is 26.2. The second-order valence-electron chi connectivity index (χ2n) is 13.8. The van der Waals surface area contributed by atoms with Gasteiger partial charge in [0.1, 0.15) is 6.04 Å². The van der Waals surface area contributed by atoms with Crippen LogP contribution in [-0.2, 0) is 26.0 Å². The van der Waals surface area contributed by atoms with Crippen molar-refractivity contribution >= 4 is 39.3 Å². The Kier molecular flexibility index (Phi) is 15.1. The van der Waals surface area contributed by atoms with E-state index < -0.39 is 40.0 Å². The lowest BCUT2D eigenvalue weighted by Gasteiger charge is -2.26. The first-order valence-corrected chi connectivity index (χ1v) is 19.9. The van der Waals surface area contributed by atoms with E-state index in [1.807, 2.05) is 88.4 Å². The molecule has 12 nitrogen and oxygen atoms in total. The number of carbonyl (C=O) groups is 4. The van der Waals surface area contributed by atoms with E-state index in [4.69, 9.17) is 0 Å². The molecule has 5 N–H and O–H groups in total. The fourth-order valence-electron chi connectivity index (χ4n) is 5.90. The van der Waals surface area contributed by atoms with Crippen LogP contribution in [0.1, 0.15) is 72.5 Å². The molecule has 4 amide bonds. The van der Waals surface area contributed by atoms with Crippen LogP contribution in [0.15, 0.2) is 114 Å². The molecule has 4 aromatic carbocycles. The highest BCUT2D eigenvalue weighted by Crippen LogP contribution is 2.26. The number of nitrogens with zero attached hydrogens (tertiary/aromatic N) is 1. The number of nitrogens with one attached hydrogen (secondary N) is 5. The number of carbonyl (C=O) groups excluding carboxylic acids is 4. The van der Waals surface area contributed by atoms with E-state index in [1.54, 1.807) is 25.1 Å². The highest BCUT2D eigenvalue weighted by molar-refractivity contribution is 7.92. The van der Waals surface area contributed by atoms with Gasteiger partial charge in [-0.3, -0.25) is 23.5 Å². The molecule has 0 aliphatic carbocycles. The summed E-state index contributed by atoms with van der Waals surface area (Å²) < 4.78 is 28.4. The van der Waals surface area contributed by atoms with Gasteiger partial charge in [-0.2, -0.15) is 0 Å². The molecule has 0 unspecified atom stereocenters. The molecule has 0 spiro atoms. The Morgan fingerprint density at radius 2 is 1.24 bits per heavy atom. The maximum Gasteiger partial charge on any atom is 0.264 e. The lowest BCUT2D eigenvalue weighted by Crippen LogP contribution is -2.55. The van der Waals surface area contributed by atoms with Crippen LogP contribution < -0.4 is 30.9 Å². The average Bonchev–Trinajstić information content (AvgIpc) is 3.19. The van der Waals surface area contributed by atoms with Gasteiger partial charge in [-0.15, -0.1) is 0 Å². The van der Waals surface area contributed by atoms with E-state index in [1.165, 1.54) is 37.4 Å². The molecule has 0 fully saturated rings. The first-order valence-electron chi connectivity index (χ1n) is 18.4. The smallest absolute Gasteiger partial charge is 0.264 e. The number of rotatable bonds is 18. The van der Waals surface area contributed by atoms with Gasteiger partial charge in [0.15, 0.2) is 0 Å². The summed E-state index contributed by atoms with van der Waals surface area (Å²) in [6, 6.07) is 28.8. The van der Waals surface area contributed by atoms with Gasteiger partial charge in [-0.1, -0.05) is 92.7 Å². The van der Waals surface area contributed by atoms with E-state index in [0.29, 0.717) is 13.0 Å². The number of hydrogen-bond acceptors (Lipinski definition) is 7. The molecule has 4 rings (SSSR count). The molecule has 4 atom stereocenters. The van der Waals surface area contributed by atoms with E-state index >= 15 is 0 Å². The highest BCUT2D eigenvalue weighted by Gasteiger charge is 2.28. The lowest BCUT2D eigenvalue weighted by molar-refractivity contribution is -0.130. The van der Waals surface area contributed by atoms with Gasteiger partial charge in [0.25, 0.3) is 21.8 Å². The summed E-state index contributed by atoms with van der Waals surface area (Å²) in [6.45, 7) is 9.65. The average molecular weight is 769 g/mol. The molecule has 13 heteroatoms. The Balaban J connectivity index is 1.63. The minimum absolute atomic E-state index is 0.0499. The summed E-state index contributed by atoms with van der Waals surface area (Å²) in [5.41, 5.74) is 2.08. The zero-order valence-corrected chi connectivity index (χ0v) is 33.0. The predicted octanol–water partition coefficient (Wildman–Crippen LogP) is 4.60. The number of benzene rings is 4. The number of sulfonamides is 1. The van der Waals surface area contributed by atoms with Gasteiger partial charge in [-0.25, -0.2) is 8.42 Å². The number of hydrogen-bond donors (Lipinski definition) is 5. The Hall–Kier alpha value is -5.53. The third-order valence-electron chi connectivity index (χ3n) is 9.18. The van der Waals surface area contributed by atoms with Gasteiger partial charge in [-0.05, 0) is 74.6 Å². The molecule has 55 heavy (non-hydrogen) atoms. The Labute approximate surface area is 324 Å². The Morgan fingerprint density at radius 1 is 0.691 bits per heavy atom. The van der Waals surface area contributed by atoms with E-state index in [-0.39, 0.29) is 52.0 Å². The third-order valence-corrected chi connectivity index (χ3v) is 11.0. The van der Waals surface area contributed by atoms with Crippen LogP contribution in [-0.4, -0.2) is 70.3 Å². The third kappa shape index (κ3) is 11.7. The van der Waals surface area contributed by atoms with Crippen LogP contribution in [0, 0.1) is 5.92 Å². The maximum absolute atomic E-state index is 14.1. The van der Waals surface area contributed by atoms with E-state index in [9.17, 15) is 27.6 Å². The van der Waals surface area contributed by atoms with Crippen LogP contribution in [0.4, 0.5) is 5.69 Å². The lowest BCUT2D eigenvalue weighted by atomic mass is 10.0. The molecule has 0 aromatic heterocycles. The van der Waals surface area contributed by atoms with Crippen LogP contribution >= 0.6 is 0 Å². The molecule has 0 saturated heterocycles. The zero-order chi connectivity index (χ0) is 40.1. The highest BCUT2D eigenvalue weighted by atomic mass is 32.2. The first kappa shape index (κ1) is 42.2. The molecule has 0 aliphatic heterocycles. The Morgan fingerprint density at radius 3 is 1.80 bits per heavy atom. The molecular formula is C42H52N6O6S. The van der Waals surface area contributed by atoms with Crippen molar-refractivity contribution in [2.24, 2.45) is 5.92 Å². The molecule has 0 radical (unpaired) electrons. The zero-order valence-electron chi connectivity index (χ0n) is 32.2. The van der Waals surface area contributed by atoms with Crippen LogP contribution in [0.2, 0.25) is 0 Å². The monoisotopic (exact) mass is 768 g/mol. The SMILES string of the molecule is CCNC(=O)[C@@H](NC(=O)[C@H](C)NC[C@H](Cc1ccccc1)NC(=O)c1cc(C(=O)N[C@H](C)c2ccccc2)cc(N(C)S(=O)(=O)c2ccccc2)c1)C(C)C. The molecule has 0 saturated carbocycles. The van der Waals surface area contributed by atoms with Crippen molar-refractivity contribution in [1.82, 2.24) is 26.6 Å². The van der Waals surface area contributed by atoms with Gasteiger partial charge < -0.3 is 26.6 Å². The normalized spacial score (nSPS) is 13.5. The standard InChI is InChI=1S/C42H52N6O6S/c1-7-43-42(52)38(28(2)3)47-39(49)30(5)44-27-35(23-31-17-11-8-12-18-31)46-41(51)34-24-33(40(50)45-29(4)32-19-13-9-14-20-32)25-36(26-34)48(6)55(53,54)37-21-15-10-16-22-37/h8-22,24-26,28-30,35,38,44H,7,23,27H2,1-6H3,(H,43,52)(H,45,50)(H,46,51)(H,47,49)/t29-,30+,35+,38+/m1/s1. The van der Waals surface area contributed by atoms with Gasteiger partial charge in [0, 0.05) is 37.3 Å². The van der Waals surface area contributed by atoms with Crippen LogP contribution in [0.3, 0.4) is 0 Å². The minimum atomic E-state index is -4.06. The second-order valence-corrected chi connectivity index (χ2v) is 15.7. The summed E-state index contributed by atoms with van der Waals surface area (Å²) >= 11 is 0. The van der Waals surface area contributed by atoms with Gasteiger partial charge in [0.2, 0.25) is 11.8 Å². The molecule has 4 aromatic rings. The van der Waals surface area contributed by atoms with E-state index in [2.05, 4.69) is 26.6 Å². The molecule has 292 valence electrons. The molecule has 0 heterocycles. The summed E-state index contributed by atoms with van der Waals surface area (Å²) in [7, 11) is -2.69. The summed E-state index contributed by atoms with van der Waals surface area (Å²) in [6.07, 6.45) is 0.394. The predicted molar refractivity (Wildman–Crippen MR) is 215 cm³/mol. The Bertz CT molecular complexity index is 2010. The van der Waals surface area contributed by atoms with Crippen LogP contribution in [0.25, 0.3) is 0 Å². The molecule has 0 bridgehead atoms. The fourth-order valence-corrected chi connectivity index (χ4v) is 7.10. The summed E-state index contributed by atoms with van der Waals surface area (Å²) in [5, 5.41) is 14.8. The topological polar surface area (TPSA) is 166 Å². The minimum Gasteiger partial charge on any atom is -0.355 e. The number of amides is 4. The van der Waals surface area contributed by atoms with Crippen molar-refractivity contribution in [1.29, 1.82) is 0 Å². The summed E-state index contributed by atoms with van der Waals surface area (Å²) in [4.78, 5) is 53.7. The van der Waals surface area contributed by atoms with Crippen molar-refractivity contribution < 1.29 is 27.6 Å². The molecular weight excluding hydrogens is 717 g/mol. The van der Waals surface area contributed by atoms with Crippen molar-refractivity contribution in [3.05, 3.63) is 131 Å².